The molecule has 3 heteroatoms. The summed E-state index contributed by atoms with van der Waals surface area (Å²) in [6.45, 7) is 5.29. The molecule has 0 spiro atoms. The lowest BCUT2D eigenvalue weighted by Gasteiger charge is -2.28. The zero-order valence-electron chi connectivity index (χ0n) is 10.4. The number of likely N-dealkylation sites (N-methyl/N-ethyl adjacent to an activating group) is 1. The van der Waals surface area contributed by atoms with Crippen molar-refractivity contribution < 1.29 is 5.11 Å². The lowest BCUT2D eigenvalue weighted by atomic mass is 10.1. The lowest BCUT2D eigenvalue weighted by Crippen LogP contribution is -2.41. The molecule has 0 aromatic heterocycles. The molecule has 1 N–H and O–H groups in total. The third-order valence-electron chi connectivity index (χ3n) is 3.14. The van der Waals surface area contributed by atoms with Crippen molar-refractivity contribution in [2.75, 3.05) is 33.7 Å². The van der Waals surface area contributed by atoms with Crippen molar-refractivity contribution >= 4 is 0 Å². The summed E-state index contributed by atoms with van der Waals surface area (Å²) in [5.74, 6) is 0. The van der Waals surface area contributed by atoms with Crippen molar-refractivity contribution in [3.63, 3.8) is 0 Å². The summed E-state index contributed by atoms with van der Waals surface area (Å²) in [6, 6.07) is 0.659. The van der Waals surface area contributed by atoms with Gasteiger partial charge in [0.15, 0.2) is 0 Å². The van der Waals surface area contributed by atoms with Gasteiger partial charge in [-0.1, -0.05) is 13.3 Å². The Morgan fingerprint density at radius 2 is 2.20 bits per heavy atom. The van der Waals surface area contributed by atoms with Crippen LogP contribution in [0.5, 0.6) is 0 Å². The van der Waals surface area contributed by atoms with E-state index in [9.17, 15) is 5.11 Å². The molecule has 0 radical (unpaired) electrons. The highest BCUT2D eigenvalue weighted by Crippen LogP contribution is 2.18. The van der Waals surface area contributed by atoms with Crippen LogP contribution in [0.25, 0.3) is 0 Å². The van der Waals surface area contributed by atoms with Crippen molar-refractivity contribution in [1.82, 2.24) is 9.80 Å². The summed E-state index contributed by atoms with van der Waals surface area (Å²) in [5.41, 5.74) is 0. The van der Waals surface area contributed by atoms with Crippen molar-refractivity contribution in [2.24, 2.45) is 0 Å². The van der Waals surface area contributed by atoms with Gasteiger partial charge >= 0.3 is 0 Å². The zero-order chi connectivity index (χ0) is 11.3. The van der Waals surface area contributed by atoms with Gasteiger partial charge in [0.1, 0.15) is 0 Å². The maximum atomic E-state index is 9.81. The van der Waals surface area contributed by atoms with Crippen LogP contribution in [0.3, 0.4) is 0 Å². The standard InChI is InChI=1S/C12H26N2O/c1-4-6-12(15)10-14-8-5-7-11(14)9-13(2)3/h11-12,15H,4-10H2,1-3H3. The van der Waals surface area contributed by atoms with Crippen LogP contribution in [0.15, 0.2) is 0 Å². The highest BCUT2D eigenvalue weighted by molar-refractivity contribution is 4.82. The van der Waals surface area contributed by atoms with Crippen molar-refractivity contribution in [2.45, 2.75) is 44.8 Å². The Labute approximate surface area is 94.1 Å². The highest BCUT2D eigenvalue weighted by atomic mass is 16.3. The van der Waals surface area contributed by atoms with Gasteiger partial charge in [0.25, 0.3) is 0 Å². The Balaban J connectivity index is 2.32. The van der Waals surface area contributed by atoms with Gasteiger partial charge in [-0.3, -0.25) is 4.90 Å². The Morgan fingerprint density at radius 3 is 2.80 bits per heavy atom. The molecule has 0 aromatic carbocycles. The number of hydrogen-bond acceptors (Lipinski definition) is 3. The quantitative estimate of drug-likeness (QED) is 0.719. The fraction of sp³-hybridized carbons (Fsp3) is 1.00. The van der Waals surface area contributed by atoms with Crippen LogP contribution >= 0.6 is 0 Å². The average Bonchev–Trinajstić information content (AvgIpc) is 2.52. The molecular weight excluding hydrogens is 188 g/mol. The molecule has 0 aromatic rings. The second-order valence-corrected chi connectivity index (χ2v) is 5.00. The SMILES string of the molecule is CCCC(O)CN1CCCC1CN(C)C. The number of aliphatic hydroxyl groups is 1. The van der Waals surface area contributed by atoms with Gasteiger partial charge in [-0.2, -0.15) is 0 Å². The van der Waals surface area contributed by atoms with E-state index in [-0.39, 0.29) is 6.10 Å². The molecule has 1 saturated heterocycles. The molecule has 0 saturated carbocycles. The predicted molar refractivity (Wildman–Crippen MR) is 64.1 cm³/mol. The average molecular weight is 214 g/mol. The summed E-state index contributed by atoms with van der Waals surface area (Å²) in [7, 11) is 4.25. The monoisotopic (exact) mass is 214 g/mol. The highest BCUT2D eigenvalue weighted by Gasteiger charge is 2.26. The fourth-order valence-corrected chi connectivity index (χ4v) is 2.46. The van der Waals surface area contributed by atoms with Crippen LogP contribution in [0.1, 0.15) is 32.6 Å². The summed E-state index contributed by atoms with van der Waals surface area (Å²) in [5, 5.41) is 9.81. The van der Waals surface area contributed by atoms with E-state index in [1.54, 1.807) is 0 Å². The molecule has 1 aliphatic rings. The molecule has 0 aliphatic carbocycles. The molecule has 0 amide bonds. The van der Waals surface area contributed by atoms with E-state index in [2.05, 4.69) is 30.8 Å². The van der Waals surface area contributed by atoms with Crippen LogP contribution in [-0.4, -0.2) is 60.8 Å². The smallest absolute Gasteiger partial charge is 0.0667 e. The lowest BCUT2D eigenvalue weighted by molar-refractivity contribution is 0.0913. The molecule has 2 atom stereocenters. The summed E-state index contributed by atoms with van der Waals surface area (Å²) >= 11 is 0. The van der Waals surface area contributed by atoms with E-state index < -0.39 is 0 Å². The first kappa shape index (κ1) is 12.9. The first-order valence-electron chi connectivity index (χ1n) is 6.20. The van der Waals surface area contributed by atoms with Gasteiger partial charge in [-0.25, -0.2) is 0 Å². The van der Waals surface area contributed by atoms with Gasteiger partial charge < -0.3 is 10.0 Å². The van der Waals surface area contributed by atoms with E-state index in [1.165, 1.54) is 19.4 Å². The van der Waals surface area contributed by atoms with E-state index in [4.69, 9.17) is 0 Å². The third kappa shape index (κ3) is 4.49. The van der Waals surface area contributed by atoms with Crippen LogP contribution in [0, 0.1) is 0 Å². The normalized spacial score (nSPS) is 25.0. The third-order valence-corrected chi connectivity index (χ3v) is 3.14. The van der Waals surface area contributed by atoms with E-state index in [0.717, 1.165) is 25.9 Å². The summed E-state index contributed by atoms with van der Waals surface area (Å²) < 4.78 is 0. The number of β-amino-alcohol motifs (C(OH)–C–C–N with tert-alkyl or cyclic N) is 1. The Kier molecular flexibility index (Phi) is 5.58. The van der Waals surface area contributed by atoms with Crippen LogP contribution in [-0.2, 0) is 0 Å². The minimum absolute atomic E-state index is 0.127. The zero-order valence-corrected chi connectivity index (χ0v) is 10.4. The summed E-state index contributed by atoms with van der Waals surface area (Å²) in [6.07, 6.45) is 4.46. The molecule has 2 unspecified atom stereocenters. The topological polar surface area (TPSA) is 26.7 Å². The number of hydrogen-bond donors (Lipinski definition) is 1. The molecular formula is C12H26N2O. The second-order valence-electron chi connectivity index (χ2n) is 5.00. The molecule has 90 valence electrons. The van der Waals surface area contributed by atoms with E-state index >= 15 is 0 Å². The van der Waals surface area contributed by atoms with Crippen LogP contribution < -0.4 is 0 Å². The Bertz CT molecular complexity index is 173. The molecule has 1 aliphatic heterocycles. The van der Waals surface area contributed by atoms with Gasteiger partial charge in [-0.15, -0.1) is 0 Å². The predicted octanol–water partition coefficient (Wildman–Crippen LogP) is 1.17. The number of nitrogens with zero attached hydrogens (tertiary/aromatic N) is 2. The number of likely N-dealkylation sites (tertiary alicyclic amines) is 1. The molecule has 3 nitrogen and oxygen atoms in total. The maximum absolute atomic E-state index is 9.81. The number of rotatable bonds is 6. The first-order valence-corrected chi connectivity index (χ1v) is 6.20. The minimum Gasteiger partial charge on any atom is -0.392 e. The Hall–Kier alpha value is -0.120. The van der Waals surface area contributed by atoms with Gasteiger partial charge in [0.2, 0.25) is 0 Å². The molecule has 1 rings (SSSR count). The fourth-order valence-electron chi connectivity index (χ4n) is 2.46. The molecule has 0 bridgehead atoms. The largest absolute Gasteiger partial charge is 0.392 e. The molecule has 15 heavy (non-hydrogen) atoms. The van der Waals surface area contributed by atoms with Crippen molar-refractivity contribution in [3.8, 4) is 0 Å². The van der Waals surface area contributed by atoms with E-state index in [0.29, 0.717) is 6.04 Å². The van der Waals surface area contributed by atoms with Gasteiger partial charge in [-0.05, 0) is 39.9 Å². The molecule has 1 fully saturated rings. The minimum atomic E-state index is -0.127. The van der Waals surface area contributed by atoms with Crippen molar-refractivity contribution in [1.29, 1.82) is 0 Å². The van der Waals surface area contributed by atoms with Gasteiger partial charge in [0.05, 0.1) is 6.10 Å². The van der Waals surface area contributed by atoms with Gasteiger partial charge in [0, 0.05) is 19.1 Å². The maximum Gasteiger partial charge on any atom is 0.0667 e. The van der Waals surface area contributed by atoms with Crippen LogP contribution in [0.2, 0.25) is 0 Å². The number of aliphatic hydroxyl groups excluding tert-OH is 1. The molecule has 1 heterocycles. The second kappa shape index (κ2) is 6.46. The Morgan fingerprint density at radius 1 is 1.47 bits per heavy atom. The van der Waals surface area contributed by atoms with E-state index in [1.807, 2.05) is 0 Å². The summed E-state index contributed by atoms with van der Waals surface area (Å²) in [4.78, 5) is 4.70. The first-order chi connectivity index (χ1) is 7.13. The van der Waals surface area contributed by atoms with Crippen molar-refractivity contribution in [3.05, 3.63) is 0 Å². The van der Waals surface area contributed by atoms with Crippen LogP contribution in [0.4, 0.5) is 0 Å².